The van der Waals surface area contributed by atoms with Crippen molar-refractivity contribution in [2.24, 2.45) is 0 Å². The number of carbonyl (C=O) groups is 1. The van der Waals surface area contributed by atoms with Gasteiger partial charge in [0.1, 0.15) is 0 Å². The van der Waals surface area contributed by atoms with Crippen LogP contribution in [-0.4, -0.2) is 41.1 Å². The van der Waals surface area contributed by atoms with E-state index in [0.29, 0.717) is 11.5 Å². The van der Waals surface area contributed by atoms with Gasteiger partial charge in [-0.3, -0.25) is 14.8 Å². The van der Waals surface area contributed by atoms with Crippen LogP contribution in [0, 0.1) is 0 Å². The van der Waals surface area contributed by atoms with Crippen LogP contribution in [0.2, 0.25) is 5.02 Å². The Bertz CT molecular complexity index is 652. The van der Waals surface area contributed by atoms with Gasteiger partial charge < -0.3 is 5.32 Å². The molecule has 5 nitrogen and oxygen atoms in total. The van der Waals surface area contributed by atoms with E-state index in [1.807, 2.05) is 12.1 Å². The molecule has 0 unspecified atom stereocenters. The SMILES string of the molecule is CNC(=O)c1cn[nH]c1[C@H]1CCN(Cc2ccc(Cl)cc2)C1. The van der Waals surface area contributed by atoms with E-state index in [1.165, 1.54) is 5.56 Å². The van der Waals surface area contributed by atoms with E-state index < -0.39 is 0 Å². The number of aromatic nitrogens is 2. The summed E-state index contributed by atoms with van der Waals surface area (Å²) in [5.74, 6) is 0.238. The molecule has 2 aromatic rings. The zero-order valence-electron chi connectivity index (χ0n) is 12.5. The van der Waals surface area contributed by atoms with Crippen LogP contribution in [0.5, 0.6) is 0 Å². The predicted molar refractivity (Wildman–Crippen MR) is 86.1 cm³/mol. The molecule has 0 bridgehead atoms. The molecule has 2 N–H and O–H groups in total. The Hall–Kier alpha value is -1.85. The third-order valence-electron chi connectivity index (χ3n) is 4.14. The highest BCUT2D eigenvalue weighted by atomic mass is 35.5. The maximum Gasteiger partial charge on any atom is 0.254 e. The van der Waals surface area contributed by atoms with Crippen molar-refractivity contribution in [2.75, 3.05) is 20.1 Å². The lowest BCUT2D eigenvalue weighted by Crippen LogP contribution is -2.22. The molecule has 1 fully saturated rings. The van der Waals surface area contributed by atoms with E-state index in [-0.39, 0.29) is 5.91 Å². The Morgan fingerprint density at radius 1 is 1.45 bits per heavy atom. The van der Waals surface area contributed by atoms with Crippen molar-refractivity contribution in [1.82, 2.24) is 20.4 Å². The lowest BCUT2D eigenvalue weighted by atomic mass is 10.0. The van der Waals surface area contributed by atoms with Gasteiger partial charge in [-0.2, -0.15) is 5.10 Å². The average Bonchev–Trinajstić information content (AvgIpc) is 3.17. The Morgan fingerprint density at radius 3 is 2.95 bits per heavy atom. The van der Waals surface area contributed by atoms with E-state index in [4.69, 9.17) is 11.6 Å². The molecule has 1 aromatic heterocycles. The molecule has 1 atom stereocenters. The molecule has 6 heteroatoms. The quantitative estimate of drug-likeness (QED) is 0.910. The number of likely N-dealkylation sites (tertiary alicyclic amines) is 1. The van der Waals surface area contributed by atoms with Crippen LogP contribution >= 0.6 is 11.6 Å². The van der Waals surface area contributed by atoms with Gasteiger partial charge in [0.2, 0.25) is 0 Å². The Kier molecular flexibility index (Phi) is 4.45. The van der Waals surface area contributed by atoms with Gasteiger partial charge in [-0.05, 0) is 30.7 Å². The first-order valence-electron chi connectivity index (χ1n) is 7.39. The first-order valence-corrected chi connectivity index (χ1v) is 7.77. The van der Waals surface area contributed by atoms with Crippen LogP contribution in [0.15, 0.2) is 30.5 Å². The van der Waals surface area contributed by atoms with Crippen LogP contribution in [0.4, 0.5) is 0 Å². The highest BCUT2D eigenvalue weighted by Gasteiger charge is 2.28. The molecule has 116 valence electrons. The van der Waals surface area contributed by atoms with Crippen molar-refractivity contribution < 1.29 is 4.79 Å². The number of hydrogen-bond acceptors (Lipinski definition) is 3. The molecule has 0 saturated carbocycles. The average molecular weight is 319 g/mol. The number of H-pyrrole nitrogens is 1. The molecular formula is C16H19ClN4O. The summed E-state index contributed by atoms with van der Waals surface area (Å²) in [6.07, 6.45) is 2.63. The minimum absolute atomic E-state index is 0.0834. The van der Waals surface area contributed by atoms with Gasteiger partial charge in [0.05, 0.1) is 17.5 Å². The number of carbonyl (C=O) groups excluding carboxylic acids is 1. The lowest BCUT2D eigenvalue weighted by molar-refractivity contribution is 0.0961. The standard InChI is InChI=1S/C16H19ClN4O/c1-18-16(22)14-8-19-20-15(14)12-6-7-21(10-12)9-11-2-4-13(17)5-3-11/h2-5,8,12H,6-7,9-10H2,1H3,(H,18,22)(H,19,20)/t12-/m0/s1. The first kappa shape index (κ1) is 15.1. The third-order valence-corrected chi connectivity index (χ3v) is 4.39. The summed E-state index contributed by atoms with van der Waals surface area (Å²) in [4.78, 5) is 14.3. The van der Waals surface area contributed by atoms with E-state index >= 15 is 0 Å². The van der Waals surface area contributed by atoms with Crippen LogP contribution < -0.4 is 5.32 Å². The van der Waals surface area contributed by atoms with Crippen molar-refractivity contribution in [3.63, 3.8) is 0 Å². The number of amides is 1. The molecule has 1 saturated heterocycles. The fraction of sp³-hybridized carbons (Fsp3) is 0.375. The van der Waals surface area contributed by atoms with Crippen LogP contribution in [0.1, 0.15) is 34.0 Å². The molecule has 0 radical (unpaired) electrons. The minimum atomic E-state index is -0.0834. The molecule has 1 aliphatic heterocycles. The monoisotopic (exact) mass is 318 g/mol. The van der Waals surface area contributed by atoms with Crippen molar-refractivity contribution in [1.29, 1.82) is 0 Å². The second-order valence-electron chi connectivity index (χ2n) is 5.62. The molecule has 1 amide bonds. The normalized spacial score (nSPS) is 18.5. The Balaban J connectivity index is 1.66. The summed E-state index contributed by atoms with van der Waals surface area (Å²) in [5.41, 5.74) is 2.85. The zero-order chi connectivity index (χ0) is 15.5. The van der Waals surface area contributed by atoms with Crippen LogP contribution in [0.25, 0.3) is 0 Å². The minimum Gasteiger partial charge on any atom is -0.355 e. The van der Waals surface area contributed by atoms with Crippen molar-refractivity contribution >= 4 is 17.5 Å². The van der Waals surface area contributed by atoms with E-state index in [1.54, 1.807) is 13.2 Å². The molecule has 3 rings (SSSR count). The molecule has 0 spiro atoms. The topological polar surface area (TPSA) is 61.0 Å². The van der Waals surface area contributed by atoms with Gasteiger partial charge in [-0.15, -0.1) is 0 Å². The third kappa shape index (κ3) is 3.15. The van der Waals surface area contributed by atoms with E-state index in [9.17, 15) is 4.79 Å². The lowest BCUT2D eigenvalue weighted by Gasteiger charge is -2.16. The van der Waals surface area contributed by atoms with Gasteiger partial charge in [-0.25, -0.2) is 0 Å². The van der Waals surface area contributed by atoms with Crippen molar-refractivity contribution in [3.8, 4) is 0 Å². The van der Waals surface area contributed by atoms with Crippen molar-refractivity contribution in [2.45, 2.75) is 18.9 Å². The molecule has 22 heavy (non-hydrogen) atoms. The fourth-order valence-electron chi connectivity index (χ4n) is 2.98. The number of hydrogen-bond donors (Lipinski definition) is 2. The summed E-state index contributed by atoms with van der Waals surface area (Å²) in [5, 5.41) is 10.5. The number of rotatable bonds is 4. The molecular weight excluding hydrogens is 300 g/mol. The maximum absolute atomic E-state index is 11.9. The zero-order valence-corrected chi connectivity index (χ0v) is 13.2. The first-order chi connectivity index (χ1) is 10.7. The van der Waals surface area contributed by atoms with Crippen LogP contribution in [0.3, 0.4) is 0 Å². The maximum atomic E-state index is 11.9. The Labute approximate surface area is 134 Å². The van der Waals surface area contributed by atoms with Gasteiger partial charge in [0.15, 0.2) is 0 Å². The predicted octanol–water partition coefficient (Wildman–Crippen LogP) is 2.41. The van der Waals surface area contributed by atoms with Crippen LogP contribution in [-0.2, 0) is 6.54 Å². The molecule has 1 aromatic carbocycles. The highest BCUT2D eigenvalue weighted by molar-refractivity contribution is 6.30. The summed E-state index contributed by atoms with van der Waals surface area (Å²) < 4.78 is 0. The van der Waals surface area contributed by atoms with Gasteiger partial charge in [0, 0.05) is 31.1 Å². The summed E-state index contributed by atoms with van der Waals surface area (Å²) in [6, 6.07) is 7.95. The smallest absolute Gasteiger partial charge is 0.254 e. The van der Waals surface area contributed by atoms with E-state index in [2.05, 4.69) is 32.5 Å². The summed E-state index contributed by atoms with van der Waals surface area (Å²) in [6.45, 7) is 2.84. The number of nitrogens with one attached hydrogen (secondary N) is 2. The van der Waals surface area contributed by atoms with E-state index in [0.717, 1.165) is 36.8 Å². The highest BCUT2D eigenvalue weighted by Crippen LogP contribution is 2.29. The molecule has 2 heterocycles. The number of halogens is 1. The van der Waals surface area contributed by atoms with Gasteiger partial charge in [0.25, 0.3) is 5.91 Å². The second-order valence-corrected chi connectivity index (χ2v) is 6.06. The second kappa shape index (κ2) is 6.50. The number of nitrogens with zero attached hydrogens (tertiary/aromatic N) is 2. The van der Waals surface area contributed by atoms with Gasteiger partial charge >= 0.3 is 0 Å². The van der Waals surface area contributed by atoms with Crippen molar-refractivity contribution in [3.05, 3.63) is 52.3 Å². The largest absolute Gasteiger partial charge is 0.355 e. The number of aromatic amines is 1. The summed E-state index contributed by atoms with van der Waals surface area (Å²) >= 11 is 5.92. The fourth-order valence-corrected chi connectivity index (χ4v) is 3.11. The Morgan fingerprint density at radius 2 is 2.23 bits per heavy atom. The number of benzene rings is 1. The summed E-state index contributed by atoms with van der Waals surface area (Å²) in [7, 11) is 1.64. The molecule has 1 aliphatic rings. The molecule has 0 aliphatic carbocycles. The van der Waals surface area contributed by atoms with Gasteiger partial charge in [-0.1, -0.05) is 23.7 Å².